The maximum absolute atomic E-state index is 13.4. The van der Waals surface area contributed by atoms with E-state index in [0.717, 1.165) is 6.42 Å². The fourth-order valence-electron chi connectivity index (χ4n) is 4.50. The number of nitrogens with two attached hydrogens (primary N) is 2. The highest BCUT2D eigenvalue weighted by molar-refractivity contribution is 5.94. The number of aliphatic carboxylic acids is 1. The number of nitrogens with one attached hydrogen (secondary N) is 1. The van der Waals surface area contributed by atoms with Gasteiger partial charge in [-0.05, 0) is 57.4 Å². The van der Waals surface area contributed by atoms with E-state index in [0.29, 0.717) is 64.6 Å². The maximum Gasteiger partial charge on any atom is 0.326 e. The molecule has 10 nitrogen and oxygen atoms in total. The number of amides is 3. The molecule has 2 saturated heterocycles. The molecule has 2 aliphatic heterocycles. The zero-order chi connectivity index (χ0) is 23.8. The minimum Gasteiger partial charge on any atom is -0.480 e. The molecule has 0 aromatic heterocycles. The summed E-state index contributed by atoms with van der Waals surface area (Å²) in [6.45, 7) is 5.11. The highest BCUT2D eigenvalue weighted by Gasteiger charge is 2.43. The van der Waals surface area contributed by atoms with Gasteiger partial charge >= 0.3 is 5.97 Å². The molecule has 2 rings (SSSR count). The quantitative estimate of drug-likeness (QED) is 0.321. The molecule has 3 amide bonds. The molecule has 0 aromatic carbocycles. The van der Waals surface area contributed by atoms with Crippen LogP contribution in [0.3, 0.4) is 0 Å². The molecule has 2 aliphatic rings. The number of carboxylic acid groups (broad SMARTS) is 1. The second-order valence-electron chi connectivity index (χ2n) is 8.97. The first kappa shape index (κ1) is 26.1. The van der Waals surface area contributed by atoms with E-state index in [1.165, 1.54) is 9.80 Å². The lowest BCUT2D eigenvalue weighted by Crippen LogP contribution is -2.57. The largest absolute Gasteiger partial charge is 0.480 e. The number of likely N-dealkylation sites (tertiary alicyclic amines) is 2. The lowest BCUT2D eigenvalue weighted by atomic mass is 9.98. The standard InChI is InChI=1S/C22H39N5O5/c1-3-14(2)18(24)19(28)25-15(8-4-5-11-23)20(29)26-12-6-9-16(26)21(30)27-13-7-10-17(27)22(31)32/h14-18H,3-13,23-24H2,1-2H3,(H,25,28)(H,31,32). The number of nitrogens with zero attached hydrogens (tertiary/aromatic N) is 2. The third-order valence-corrected chi connectivity index (χ3v) is 6.76. The lowest BCUT2D eigenvalue weighted by Gasteiger charge is -2.32. The summed E-state index contributed by atoms with van der Waals surface area (Å²) >= 11 is 0. The number of carbonyl (C=O) groups is 4. The summed E-state index contributed by atoms with van der Waals surface area (Å²) in [5, 5.41) is 12.2. The van der Waals surface area contributed by atoms with Crippen molar-refractivity contribution in [2.75, 3.05) is 19.6 Å². The van der Waals surface area contributed by atoms with E-state index in [2.05, 4.69) is 5.32 Å². The van der Waals surface area contributed by atoms with Crippen molar-refractivity contribution in [3.63, 3.8) is 0 Å². The van der Waals surface area contributed by atoms with Gasteiger partial charge in [-0.15, -0.1) is 0 Å². The molecule has 5 atom stereocenters. The monoisotopic (exact) mass is 453 g/mol. The van der Waals surface area contributed by atoms with E-state index < -0.39 is 30.1 Å². The minimum absolute atomic E-state index is 0.0287. The summed E-state index contributed by atoms with van der Waals surface area (Å²) in [4.78, 5) is 53.7. The number of carboxylic acids is 1. The molecular formula is C22H39N5O5. The van der Waals surface area contributed by atoms with E-state index in [9.17, 15) is 24.3 Å². The zero-order valence-electron chi connectivity index (χ0n) is 19.3. The minimum atomic E-state index is -1.02. The van der Waals surface area contributed by atoms with Crippen molar-refractivity contribution in [2.45, 2.75) is 89.4 Å². The van der Waals surface area contributed by atoms with Crippen LogP contribution >= 0.6 is 0 Å². The Morgan fingerprint density at radius 1 is 1.06 bits per heavy atom. The topological polar surface area (TPSA) is 159 Å². The van der Waals surface area contributed by atoms with Crippen molar-refractivity contribution in [3.8, 4) is 0 Å². The number of rotatable bonds is 11. The SMILES string of the molecule is CCC(C)C(N)C(=O)NC(CCCCN)C(=O)N1CCCC1C(=O)N1CCCC1C(=O)O. The molecule has 2 heterocycles. The van der Waals surface area contributed by atoms with Crippen LogP contribution in [0.25, 0.3) is 0 Å². The van der Waals surface area contributed by atoms with Gasteiger partial charge in [0.15, 0.2) is 0 Å². The molecule has 0 radical (unpaired) electrons. The van der Waals surface area contributed by atoms with Crippen molar-refractivity contribution in [2.24, 2.45) is 17.4 Å². The van der Waals surface area contributed by atoms with Gasteiger partial charge in [0, 0.05) is 13.1 Å². The molecule has 0 saturated carbocycles. The van der Waals surface area contributed by atoms with Gasteiger partial charge in [0.1, 0.15) is 18.1 Å². The number of hydrogen-bond acceptors (Lipinski definition) is 6. The Labute approximate surface area is 190 Å². The van der Waals surface area contributed by atoms with Crippen LogP contribution in [-0.4, -0.2) is 82.4 Å². The van der Waals surface area contributed by atoms with Crippen molar-refractivity contribution in [3.05, 3.63) is 0 Å². The zero-order valence-corrected chi connectivity index (χ0v) is 19.3. The van der Waals surface area contributed by atoms with Gasteiger partial charge < -0.3 is 31.7 Å². The Balaban J connectivity index is 2.14. The van der Waals surface area contributed by atoms with Gasteiger partial charge in [0.25, 0.3) is 0 Å². The second kappa shape index (κ2) is 12.2. The van der Waals surface area contributed by atoms with Crippen LogP contribution in [0.2, 0.25) is 0 Å². The molecular weight excluding hydrogens is 414 g/mol. The molecule has 10 heteroatoms. The van der Waals surface area contributed by atoms with Crippen molar-refractivity contribution in [1.29, 1.82) is 0 Å². The summed E-state index contributed by atoms with van der Waals surface area (Å²) in [6, 6.07) is -3.04. The van der Waals surface area contributed by atoms with Gasteiger partial charge in [-0.2, -0.15) is 0 Å². The van der Waals surface area contributed by atoms with E-state index in [-0.39, 0.29) is 23.6 Å². The van der Waals surface area contributed by atoms with Crippen molar-refractivity contribution in [1.82, 2.24) is 15.1 Å². The summed E-state index contributed by atoms with van der Waals surface area (Å²) in [6.07, 6.45) is 4.73. The molecule has 6 N–H and O–H groups in total. The van der Waals surface area contributed by atoms with Crippen molar-refractivity contribution >= 4 is 23.7 Å². The first-order valence-electron chi connectivity index (χ1n) is 11.8. The van der Waals surface area contributed by atoms with Crippen LogP contribution < -0.4 is 16.8 Å². The Bertz CT molecular complexity index is 688. The van der Waals surface area contributed by atoms with Crippen LogP contribution in [0, 0.1) is 5.92 Å². The number of carbonyl (C=O) groups excluding carboxylic acids is 3. The number of hydrogen-bond donors (Lipinski definition) is 4. The highest BCUT2D eigenvalue weighted by atomic mass is 16.4. The summed E-state index contributed by atoms with van der Waals surface area (Å²) in [7, 11) is 0. The van der Waals surface area contributed by atoms with Gasteiger partial charge in [0.05, 0.1) is 6.04 Å². The van der Waals surface area contributed by atoms with Crippen LogP contribution in [0.1, 0.15) is 65.2 Å². The predicted octanol–water partition coefficient (Wildman–Crippen LogP) is 0.0402. The van der Waals surface area contributed by atoms with E-state index >= 15 is 0 Å². The smallest absolute Gasteiger partial charge is 0.326 e. The molecule has 0 bridgehead atoms. The Morgan fingerprint density at radius 2 is 1.69 bits per heavy atom. The van der Waals surface area contributed by atoms with Gasteiger partial charge in [-0.25, -0.2) is 4.79 Å². The van der Waals surface area contributed by atoms with Crippen LogP contribution in [0.5, 0.6) is 0 Å². The fourth-order valence-corrected chi connectivity index (χ4v) is 4.50. The van der Waals surface area contributed by atoms with Gasteiger partial charge in [-0.3, -0.25) is 14.4 Å². The molecule has 0 aromatic rings. The molecule has 32 heavy (non-hydrogen) atoms. The molecule has 0 spiro atoms. The predicted molar refractivity (Wildman–Crippen MR) is 119 cm³/mol. The molecule has 5 unspecified atom stereocenters. The summed E-state index contributed by atoms with van der Waals surface area (Å²) in [5.74, 6) is -2.05. The van der Waals surface area contributed by atoms with E-state index in [4.69, 9.17) is 11.5 Å². The lowest BCUT2D eigenvalue weighted by molar-refractivity contribution is -0.152. The summed E-state index contributed by atoms with van der Waals surface area (Å²) in [5.41, 5.74) is 11.6. The highest BCUT2D eigenvalue weighted by Crippen LogP contribution is 2.26. The fraction of sp³-hybridized carbons (Fsp3) is 0.818. The van der Waals surface area contributed by atoms with Gasteiger partial charge in [0.2, 0.25) is 17.7 Å². The van der Waals surface area contributed by atoms with Crippen LogP contribution in [0.15, 0.2) is 0 Å². The first-order valence-corrected chi connectivity index (χ1v) is 11.8. The van der Waals surface area contributed by atoms with Crippen molar-refractivity contribution < 1.29 is 24.3 Å². The Morgan fingerprint density at radius 3 is 2.28 bits per heavy atom. The summed E-state index contributed by atoms with van der Waals surface area (Å²) < 4.78 is 0. The van der Waals surface area contributed by atoms with Crippen LogP contribution in [-0.2, 0) is 19.2 Å². The Kier molecular flexibility index (Phi) is 9.89. The second-order valence-corrected chi connectivity index (χ2v) is 8.97. The van der Waals surface area contributed by atoms with E-state index in [1.807, 2.05) is 13.8 Å². The third kappa shape index (κ3) is 6.19. The molecule has 2 fully saturated rings. The Hall–Kier alpha value is -2.20. The maximum atomic E-state index is 13.4. The van der Waals surface area contributed by atoms with Crippen LogP contribution in [0.4, 0.5) is 0 Å². The average Bonchev–Trinajstić information content (AvgIpc) is 3.46. The van der Waals surface area contributed by atoms with E-state index in [1.54, 1.807) is 0 Å². The average molecular weight is 454 g/mol. The molecule has 182 valence electrons. The number of unbranched alkanes of at least 4 members (excludes halogenated alkanes) is 1. The third-order valence-electron chi connectivity index (χ3n) is 6.76. The van der Waals surface area contributed by atoms with Gasteiger partial charge in [-0.1, -0.05) is 20.3 Å². The normalized spacial score (nSPS) is 23.6. The molecule has 0 aliphatic carbocycles. The first-order chi connectivity index (χ1) is 15.2.